The number of carbonyl (C=O) groups excluding carboxylic acids is 1. The van der Waals surface area contributed by atoms with E-state index < -0.39 is 0 Å². The van der Waals surface area contributed by atoms with Gasteiger partial charge >= 0.3 is 0 Å². The Kier molecular flexibility index (Phi) is 6.92. The standard InChI is InChI=1S/C24H31NO2/c1-18(2)20-11-9-19(10-12-20)6-5-15-25-24(26)17-27-23-14-13-21-7-3-4-8-22(21)16-23/h9-14,16,18H,3-8,15,17H2,1-2H3,(H,25,26). The lowest BCUT2D eigenvalue weighted by molar-refractivity contribution is -0.123. The number of rotatable bonds is 8. The molecule has 1 amide bonds. The first kappa shape index (κ1) is 19.5. The molecule has 0 radical (unpaired) electrons. The molecule has 0 unspecified atom stereocenters. The van der Waals surface area contributed by atoms with Crippen molar-refractivity contribution < 1.29 is 9.53 Å². The number of hydrogen-bond donors (Lipinski definition) is 1. The average Bonchev–Trinajstić information content (AvgIpc) is 2.70. The van der Waals surface area contributed by atoms with Gasteiger partial charge in [-0.3, -0.25) is 4.79 Å². The molecule has 1 aliphatic rings. The van der Waals surface area contributed by atoms with Crippen molar-refractivity contribution in [1.82, 2.24) is 5.32 Å². The van der Waals surface area contributed by atoms with Crippen molar-refractivity contribution in [3.8, 4) is 5.75 Å². The Hall–Kier alpha value is -2.29. The second-order valence-electron chi connectivity index (χ2n) is 7.78. The van der Waals surface area contributed by atoms with Crippen LogP contribution < -0.4 is 10.1 Å². The van der Waals surface area contributed by atoms with Crippen LogP contribution in [0.15, 0.2) is 42.5 Å². The van der Waals surface area contributed by atoms with E-state index in [0.717, 1.165) is 31.4 Å². The van der Waals surface area contributed by atoms with Crippen LogP contribution in [0, 0.1) is 0 Å². The lowest BCUT2D eigenvalue weighted by Gasteiger charge is -2.16. The summed E-state index contributed by atoms with van der Waals surface area (Å²) in [7, 11) is 0. The van der Waals surface area contributed by atoms with Crippen LogP contribution in [0.5, 0.6) is 5.75 Å². The molecule has 1 aliphatic carbocycles. The third kappa shape index (κ3) is 5.85. The number of nitrogens with one attached hydrogen (secondary N) is 1. The van der Waals surface area contributed by atoms with E-state index in [9.17, 15) is 4.79 Å². The SMILES string of the molecule is CC(C)c1ccc(CCCNC(=O)COc2ccc3c(c2)CCCC3)cc1. The molecule has 2 aromatic carbocycles. The van der Waals surface area contributed by atoms with Crippen LogP contribution in [0.3, 0.4) is 0 Å². The Bertz CT molecular complexity index is 749. The molecule has 0 bridgehead atoms. The fourth-order valence-corrected chi connectivity index (χ4v) is 3.59. The van der Waals surface area contributed by atoms with Crippen molar-refractivity contribution in [3.63, 3.8) is 0 Å². The molecule has 2 aromatic rings. The van der Waals surface area contributed by atoms with Crippen LogP contribution >= 0.6 is 0 Å². The van der Waals surface area contributed by atoms with Gasteiger partial charge < -0.3 is 10.1 Å². The third-order valence-corrected chi connectivity index (χ3v) is 5.30. The molecule has 0 atom stereocenters. The summed E-state index contributed by atoms with van der Waals surface area (Å²) in [6.07, 6.45) is 6.72. The van der Waals surface area contributed by atoms with Gasteiger partial charge in [0.1, 0.15) is 5.75 Å². The van der Waals surface area contributed by atoms with Crippen LogP contribution in [-0.2, 0) is 24.1 Å². The summed E-state index contributed by atoms with van der Waals surface area (Å²) in [4.78, 5) is 12.0. The molecule has 3 rings (SSSR count). The molecule has 3 nitrogen and oxygen atoms in total. The summed E-state index contributed by atoms with van der Waals surface area (Å²) in [5.41, 5.74) is 5.49. The summed E-state index contributed by atoms with van der Waals surface area (Å²) < 4.78 is 5.67. The smallest absolute Gasteiger partial charge is 0.257 e. The molecule has 0 heterocycles. The highest BCUT2D eigenvalue weighted by Crippen LogP contribution is 2.25. The van der Waals surface area contributed by atoms with E-state index in [2.05, 4.69) is 55.6 Å². The van der Waals surface area contributed by atoms with E-state index >= 15 is 0 Å². The number of hydrogen-bond acceptors (Lipinski definition) is 2. The van der Waals surface area contributed by atoms with E-state index in [1.54, 1.807) is 0 Å². The summed E-state index contributed by atoms with van der Waals surface area (Å²) in [5, 5.41) is 2.95. The molecule has 0 aliphatic heterocycles. The third-order valence-electron chi connectivity index (χ3n) is 5.30. The average molecular weight is 366 g/mol. The molecule has 144 valence electrons. The first-order chi connectivity index (χ1) is 13.1. The molecule has 0 saturated carbocycles. The quantitative estimate of drug-likeness (QED) is 0.681. The van der Waals surface area contributed by atoms with Crippen LogP contribution in [0.25, 0.3) is 0 Å². The van der Waals surface area contributed by atoms with Gasteiger partial charge in [-0.25, -0.2) is 0 Å². The van der Waals surface area contributed by atoms with Gasteiger partial charge in [0.25, 0.3) is 5.91 Å². The number of carbonyl (C=O) groups is 1. The minimum atomic E-state index is -0.0529. The lowest BCUT2D eigenvalue weighted by atomic mass is 9.92. The number of amides is 1. The highest BCUT2D eigenvalue weighted by molar-refractivity contribution is 5.77. The maximum absolute atomic E-state index is 12.0. The van der Waals surface area contributed by atoms with Gasteiger partial charge in [-0.05, 0) is 78.8 Å². The van der Waals surface area contributed by atoms with E-state index in [4.69, 9.17) is 4.74 Å². The van der Waals surface area contributed by atoms with Gasteiger partial charge in [-0.2, -0.15) is 0 Å². The van der Waals surface area contributed by atoms with Crippen LogP contribution in [0.2, 0.25) is 0 Å². The Morgan fingerprint density at radius 2 is 1.78 bits per heavy atom. The van der Waals surface area contributed by atoms with Gasteiger partial charge in [0.05, 0.1) is 0 Å². The highest BCUT2D eigenvalue weighted by atomic mass is 16.5. The molecule has 27 heavy (non-hydrogen) atoms. The first-order valence-corrected chi connectivity index (χ1v) is 10.2. The van der Waals surface area contributed by atoms with Gasteiger partial charge in [-0.15, -0.1) is 0 Å². The number of fused-ring (bicyclic) bond motifs is 1. The largest absolute Gasteiger partial charge is 0.484 e. The zero-order valence-corrected chi connectivity index (χ0v) is 16.6. The first-order valence-electron chi connectivity index (χ1n) is 10.2. The van der Waals surface area contributed by atoms with Gasteiger partial charge in [0.2, 0.25) is 0 Å². The lowest BCUT2D eigenvalue weighted by Crippen LogP contribution is -2.29. The van der Waals surface area contributed by atoms with Gasteiger partial charge in [0, 0.05) is 6.54 Å². The van der Waals surface area contributed by atoms with Gasteiger partial charge in [-0.1, -0.05) is 44.2 Å². The van der Waals surface area contributed by atoms with Crippen molar-refractivity contribution in [2.45, 2.75) is 58.3 Å². The van der Waals surface area contributed by atoms with Crippen molar-refractivity contribution in [1.29, 1.82) is 0 Å². The fourth-order valence-electron chi connectivity index (χ4n) is 3.59. The maximum Gasteiger partial charge on any atom is 0.257 e. The highest BCUT2D eigenvalue weighted by Gasteiger charge is 2.10. The van der Waals surface area contributed by atoms with E-state index in [1.165, 1.54) is 35.1 Å². The Morgan fingerprint density at radius 3 is 2.52 bits per heavy atom. The van der Waals surface area contributed by atoms with Gasteiger partial charge in [0.15, 0.2) is 6.61 Å². The van der Waals surface area contributed by atoms with E-state index in [1.807, 2.05) is 6.07 Å². The molecule has 0 fully saturated rings. The molecule has 0 spiro atoms. The zero-order chi connectivity index (χ0) is 19.1. The second-order valence-corrected chi connectivity index (χ2v) is 7.78. The van der Waals surface area contributed by atoms with E-state index in [0.29, 0.717) is 12.5 Å². The Morgan fingerprint density at radius 1 is 1.04 bits per heavy atom. The molecular formula is C24H31NO2. The molecule has 0 aromatic heterocycles. The number of benzene rings is 2. The predicted octanol–water partition coefficient (Wildman–Crippen LogP) is 4.82. The monoisotopic (exact) mass is 365 g/mol. The van der Waals surface area contributed by atoms with Crippen LogP contribution in [0.4, 0.5) is 0 Å². The van der Waals surface area contributed by atoms with Crippen LogP contribution in [0.1, 0.15) is 61.3 Å². The maximum atomic E-state index is 12.0. The van der Waals surface area contributed by atoms with Crippen molar-refractivity contribution in [2.75, 3.05) is 13.2 Å². The normalized spacial score (nSPS) is 13.3. The van der Waals surface area contributed by atoms with Crippen molar-refractivity contribution in [3.05, 3.63) is 64.7 Å². The predicted molar refractivity (Wildman–Crippen MR) is 110 cm³/mol. The van der Waals surface area contributed by atoms with Crippen molar-refractivity contribution >= 4 is 5.91 Å². The molecular weight excluding hydrogens is 334 g/mol. The minimum Gasteiger partial charge on any atom is -0.484 e. The number of ether oxygens (including phenoxy) is 1. The summed E-state index contributed by atoms with van der Waals surface area (Å²) in [6.45, 7) is 5.17. The van der Waals surface area contributed by atoms with Crippen molar-refractivity contribution in [2.24, 2.45) is 0 Å². The topological polar surface area (TPSA) is 38.3 Å². The second kappa shape index (κ2) is 9.59. The summed E-state index contributed by atoms with van der Waals surface area (Å²) in [6, 6.07) is 15.0. The molecule has 0 saturated heterocycles. The minimum absolute atomic E-state index is 0.0529. The summed E-state index contributed by atoms with van der Waals surface area (Å²) in [5.74, 6) is 1.31. The zero-order valence-electron chi connectivity index (χ0n) is 16.6. The molecule has 3 heteroatoms. The Balaban J connectivity index is 1.35. The fraction of sp³-hybridized carbons (Fsp3) is 0.458. The van der Waals surface area contributed by atoms with Crippen LogP contribution in [-0.4, -0.2) is 19.1 Å². The number of aryl methyl sites for hydroxylation is 3. The molecule has 1 N–H and O–H groups in total. The van der Waals surface area contributed by atoms with E-state index in [-0.39, 0.29) is 12.5 Å². The summed E-state index contributed by atoms with van der Waals surface area (Å²) >= 11 is 0. The Labute approximate surface area is 163 Å².